The molecular weight excluding hydrogens is 479 g/mol. The SMILES string of the molecule is CN(C)C1[C+](Cl)C1Cl.[Cl][Sb-]([Cl])([Cl])([Cl])([Cl])[Cl]. The predicted octanol–water partition coefficient (Wildman–Crippen LogP) is 5.06. The molecular formula is C5H8Cl8NSb. The van der Waals surface area contributed by atoms with E-state index in [1.807, 2.05) is 19.0 Å². The molecule has 0 aliphatic heterocycles. The van der Waals surface area contributed by atoms with Gasteiger partial charge in [-0.1, -0.05) is 11.6 Å². The van der Waals surface area contributed by atoms with Crippen LogP contribution in [0, 0.1) is 5.38 Å². The molecule has 1 rings (SSSR count). The molecule has 0 amide bonds. The summed E-state index contributed by atoms with van der Waals surface area (Å²) >= 11 is 11.3. The van der Waals surface area contributed by atoms with E-state index in [-0.39, 0.29) is 5.38 Å². The Morgan fingerprint density at radius 2 is 1.20 bits per heavy atom. The second-order valence-electron chi connectivity index (χ2n) is 3.15. The van der Waals surface area contributed by atoms with Crippen LogP contribution in [0.25, 0.3) is 0 Å². The third kappa shape index (κ3) is 13.2. The topological polar surface area (TPSA) is 3.24 Å². The molecule has 2 unspecified atom stereocenters. The van der Waals surface area contributed by atoms with Gasteiger partial charge in [-0.3, -0.25) is 4.90 Å². The molecule has 0 N–H and O–H groups in total. The Bertz CT molecular complexity index is 204. The zero-order valence-electron chi connectivity index (χ0n) is 7.57. The molecule has 1 aliphatic rings. The van der Waals surface area contributed by atoms with Gasteiger partial charge in [-0.2, -0.15) is 0 Å². The summed E-state index contributed by atoms with van der Waals surface area (Å²) in [4.78, 5) is 2.01. The Morgan fingerprint density at radius 3 is 1.20 bits per heavy atom. The van der Waals surface area contributed by atoms with Gasteiger partial charge in [-0.05, 0) is 14.1 Å². The van der Waals surface area contributed by atoms with Crippen molar-refractivity contribution in [2.24, 2.45) is 0 Å². The van der Waals surface area contributed by atoms with Crippen LogP contribution in [0.4, 0.5) is 0 Å². The summed E-state index contributed by atoms with van der Waals surface area (Å²) in [5, 5.41) is 0.961. The molecule has 15 heavy (non-hydrogen) atoms. The van der Waals surface area contributed by atoms with Crippen molar-refractivity contribution in [2.75, 3.05) is 14.1 Å². The standard InChI is InChI=1S/C5H8Cl2N.6ClH.Sb/c1-8(2)5-3(6)4(5)7;;;;;;;/h3,5H,1-2H3;6*1H;/q+1;;;;;;;+5/p-6. The third-order valence-corrected chi connectivity index (χ3v) is 2.31. The van der Waals surface area contributed by atoms with Crippen LogP contribution < -0.4 is 0 Å². The Hall–Kier alpha value is 2.97. The summed E-state index contributed by atoms with van der Waals surface area (Å²) in [6.45, 7) is 0. The molecule has 2 atom stereocenters. The molecule has 0 aromatic carbocycles. The predicted molar refractivity (Wildman–Crippen MR) is 77.1 cm³/mol. The second-order valence-corrected chi connectivity index (χ2v) is 61.0. The van der Waals surface area contributed by atoms with Crippen LogP contribution in [0.15, 0.2) is 0 Å². The fraction of sp³-hybridized carbons (Fsp3) is 0.800. The number of halogens is 8. The fourth-order valence-corrected chi connectivity index (χ4v) is 1.56. The Kier molecular flexibility index (Phi) is 5.77. The molecule has 0 aromatic rings. The minimum atomic E-state index is -5.42. The van der Waals surface area contributed by atoms with Gasteiger partial charge in [0.05, 0.1) is 0 Å². The average molecular weight is 488 g/mol. The summed E-state index contributed by atoms with van der Waals surface area (Å²) in [6, 6.07) is 0.318. The average Bonchev–Trinajstić information content (AvgIpc) is 2.31. The molecule has 1 aliphatic carbocycles. The first-order valence-electron chi connectivity index (χ1n) is 3.48. The van der Waals surface area contributed by atoms with Crippen molar-refractivity contribution in [3.8, 4) is 0 Å². The van der Waals surface area contributed by atoms with Crippen LogP contribution >= 0.6 is 76.2 Å². The molecule has 0 radical (unpaired) electrons. The van der Waals surface area contributed by atoms with Gasteiger partial charge < -0.3 is 0 Å². The molecule has 1 fully saturated rings. The van der Waals surface area contributed by atoms with Crippen molar-refractivity contribution < 1.29 is 0 Å². The quantitative estimate of drug-likeness (QED) is 0.284. The van der Waals surface area contributed by atoms with Gasteiger partial charge in [0.25, 0.3) is 5.38 Å². The van der Waals surface area contributed by atoms with Crippen molar-refractivity contribution in [1.29, 1.82) is 0 Å². The zero-order chi connectivity index (χ0) is 12.7. The molecule has 0 heterocycles. The van der Waals surface area contributed by atoms with Crippen molar-refractivity contribution >= 4 is 85.3 Å². The molecule has 1 saturated carbocycles. The van der Waals surface area contributed by atoms with Gasteiger partial charge in [0.2, 0.25) is 11.4 Å². The third-order valence-electron chi connectivity index (χ3n) is 1.27. The van der Waals surface area contributed by atoms with Crippen LogP contribution in [0.5, 0.6) is 0 Å². The van der Waals surface area contributed by atoms with E-state index in [1.54, 1.807) is 0 Å². The summed E-state index contributed by atoms with van der Waals surface area (Å²) in [5.74, 6) is 0. The maximum atomic E-state index is 5.69. The van der Waals surface area contributed by atoms with Gasteiger partial charge in [0.1, 0.15) is 11.6 Å². The maximum absolute atomic E-state index is 5.69. The van der Waals surface area contributed by atoms with Crippen molar-refractivity contribution in [3.05, 3.63) is 5.38 Å². The molecule has 1 nitrogen and oxygen atoms in total. The van der Waals surface area contributed by atoms with Crippen LogP contribution in [-0.4, -0.2) is 39.6 Å². The van der Waals surface area contributed by atoms with E-state index in [4.69, 9.17) is 76.2 Å². The number of rotatable bonds is 1. The van der Waals surface area contributed by atoms with Gasteiger partial charge in [0, 0.05) is 0 Å². The number of hydrogen-bond donors (Lipinski definition) is 0. The summed E-state index contributed by atoms with van der Waals surface area (Å²) in [7, 11) is 28.9. The van der Waals surface area contributed by atoms with Crippen LogP contribution in [0.2, 0.25) is 0 Å². The zero-order valence-corrected chi connectivity index (χ0v) is 16.2. The first-order chi connectivity index (χ1) is 6.09. The van der Waals surface area contributed by atoms with Crippen molar-refractivity contribution in [2.45, 2.75) is 11.4 Å². The molecule has 94 valence electrons. The Morgan fingerprint density at radius 1 is 1.00 bits per heavy atom. The number of nitrogens with zero attached hydrogens (tertiary/aromatic N) is 1. The van der Waals surface area contributed by atoms with E-state index in [9.17, 15) is 0 Å². The minimum absolute atomic E-state index is 0.0895. The van der Waals surface area contributed by atoms with Gasteiger partial charge >= 0.3 is 62.1 Å². The number of hydrogen-bond acceptors (Lipinski definition) is 1. The van der Waals surface area contributed by atoms with Crippen LogP contribution in [0.1, 0.15) is 0 Å². The monoisotopic (exact) mass is 483 g/mol. The molecule has 0 aromatic heterocycles. The molecule has 10 heteroatoms. The van der Waals surface area contributed by atoms with Crippen molar-refractivity contribution in [3.63, 3.8) is 0 Å². The van der Waals surface area contributed by atoms with Crippen LogP contribution in [-0.2, 0) is 0 Å². The van der Waals surface area contributed by atoms with E-state index in [1.165, 1.54) is 0 Å². The first-order valence-corrected chi connectivity index (χ1v) is 23.7. The molecule has 0 saturated heterocycles. The van der Waals surface area contributed by atoms with E-state index < -0.39 is 9.14 Å². The van der Waals surface area contributed by atoms with Gasteiger partial charge in [0.15, 0.2) is 0 Å². The Labute approximate surface area is 119 Å². The van der Waals surface area contributed by atoms with Gasteiger partial charge in [-0.25, -0.2) is 0 Å². The van der Waals surface area contributed by atoms with E-state index >= 15 is 0 Å². The summed E-state index contributed by atoms with van der Waals surface area (Å²) < 4.78 is 0. The number of alkyl halides is 1. The molecule has 0 spiro atoms. The van der Waals surface area contributed by atoms with E-state index in [2.05, 4.69) is 0 Å². The second kappa shape index (κ2) is 4.82. The van der Waals surface area contributed by atoms with E-state index in [0.29, 0.717) is 6.04 Å². The fourth-order valence-electron chi connectivity index (χ4n) is 0.699. The van der Waals surface area contributed by atoms with E-state index in [0.717, 1.165) is 5.38 Å². The first kappa shape index (κ1) is 18.0. The summed E-state index contributed by atoms with van der Waals surface area (Å²) in [6.07, 6.45) is 0. The Balaban J connectivity index is 0.000000265. The van der Waals surface area contributed by atoms with Crippen LogP contribution in [0.3, 0.4) is 0 Å². The normalized spacial score (nSPS) is 30.2. The van der Waals surface area contributed by atoms with Gasteiger partial charge in [-0.15, -0.1) is 0 Å². The van der Waals surface area contributed by atoms with Crippen molar-refractivity contribution in [1.82, 2.24) is 4.90 Å². The summed E-state index contributed by atoms with van der Waals surface area (Å²) in [5.41, 5.74) is 0. The molecule has 0 bridgehead atoms.